The van der Waals surface area contributed by atoms with Gasteiger partial charge in [-0.3, -0.25) is 0 Å². The first-order valence-electron chi connectivity index (χ1n) is 9.27. The molecular weight excluding hydrogens is 400 g/mol. The summed E-state index contributed by atoms with van der Waals surface area (Å²) in [6.45, 7) is 0.520. The fourth-order valence-electron chi connectivity index (χ4n) is 3.48. The summed E-state index contributed by atoms with van der Waals surface area (Å²) < 4.78 is 7.57. The van der Waals surface area contributed by atoms with Crippen LogP contribution in [0.25, 0.3) is 22.2 Å². The first-order valence-corrected chi connectivity index (χ1v) is 9.65. The minimum absolute atomic E-state index is 0.310. The van der Waals surface area contributed by atoms with Crippen molar-refractivity contribution in [3.63, 3.8) is 0 Å². The van der Waals surface area contributed by atoms with Gasteiger partial charge in [-0.1, -0.05) is 48.0 Å². The number of nitrogens with one attached hydrogen (secondary N) is 1. The number of aromatic nitrogens is 2. The van der Waals surface area contributed by atoms with Crippen molar-refractivity contribution in [2.24, 2.45) is 16.8 Å². The van der Waals surface area contributed by atoms with Crippen LogP contribution < -0.4 is 21.8 Å². The fraction of sp³-hybridized carbons (Fsp3) is 0.0909. The summed E-state index contributed by atoms with van der Waals surface area (Å²) in [6.07, 6.45) is 0. The standard InChI is InChI=1S/C22H21ClN6O/c1-30-21-11-15-10-19(14-6-3-2-4-7-14)29(20(15)12-17(21)23)13-16-8-5-9-18(26-16)22(27-24)28-25/h2-12H,13,24-25H2,1H3,(H,27,28). The average Bonchev–Trinajstić information content (AvgIpc) is 3.12. The number of ether oxygens (including phenoxy) is 1. The highest BCUT2D eigenvalue weighted by Gasteiger charge is 2.15. The molecule has 0 aliphatic rings. The molecule has 2 aromatic heterocycles. The second-order valence-electron chi connectivity index (χ2n) is 6.66. The molecule has 0 radical (unpaired) electrons. The minimum atomic E-state index is 0.310. The molecule has 0 fully saturated rings. The van der Waals surface area contributed by atoms with Crippen molar-refractivity contribution in [3.8, 4) is 17.0 Å². The van der Waals surface area contributed by atoms with Gasteiger partial charge in [-0.2, -0.15) is 5.10 Å². The van der Waals surface area contributed by atoms with Gasteiger partial charge in [0.25, 0.3) is 0 Å². The first kappa shape index (κ1) is 19.8. The molecule has 0 unspecified atom stereocenters. The molecule has 7 nitrogen and oxygen atoms in total. The smallest absolute Gasteiger partial charge is 0.185 e. The van der Waals surface area contributed by atoms with Crippen LogP contribution in [0.2, 0.25) is 5.02 Å². The Labute approximate surface area is 178 Å². The zero-order chi connectivity index (χ0) is 21.1. The molecule has 0 aliphatic carbocycles. The quantitative estimate of drug-likeness (QED) is 0.198. The summed E-state index contributed by atoms with van der Waals surface area (Å²) in [7, 11) is 1.61. The highest BCUT2D eigenvalue weighted by Crippen LogP contribution is 2.35. The third-order valence-electron chi connectivity index (χ3n) is 4.88. The number of hydrazone groups is 1. The number of pyridine rings is 1. The number of amidine groups is 1. The number of rotatable bonds is 5. The van der Waals surface area contributed by atoms with Crippen LogP contribution in [-0.4, -0.2) is 22.5 Å². The third-order valence-corrected chi connectivity index (χ3v) is 5.18. The highest BCUT2D eigenvalue weighted by atomic mass is 35.5. The number of nitrogens with two attached hydrogens (primary N) is 2. The molecule has 4 aromatic rings. The Morgan fingerprint density at radius 2 is 1.93 bits per heavy atom. The van der Waals surface area contributed by atoms with Crippen molar-refractivity contribution in [2.75, 3.05) is 7.11 Å². The number of halogens is 1. The van der Waals surface area contributed by atoms with E-state index in [1.165, 1.54) is 0 Å². The van der Waals surface area contributed by atoms with Gasteiger partial charge in [0, 0.05) is 11.1 Å². The van der Waals surface area contributed by atoms with Crippen molar-refractivity contribution in [2.45, 2.75) is 6.54 Å². The van der Waals surface area contributed by atoms with E-state index in [2.05, 4.69) is 38.3 Å². The largest absolute Gasteiger partial charge is 0.495 e. The SMILES string of the molecule is COc1cc2cc(-c3ccccc3)n(Cc3cccc(/C(=N/N)NN)n3)c2cc1Cl. The van der Waals surface area contributed by atoms with Gasteiger partial charge in [0.05, 0.1) is 29.9 Å². The molecule has 152 valence electrons. The van der Waals surface area contributed by atoms with Gasteiger partial charge in [-0.25, -0.2) is 10.8 Å². The summed E-state index contributed by atoms with van der Waals surface area (Å²) in [5.41, 5.74) is 6.98. The van der Waals surface area contributed by atoms with E-state index < -0.39 is 0 Å². The second kappa shape index (κ2) is 8.44. The lowest BCUT2D eigenvalue weighted by molar-refractivity contribution is 0.415. The Bertz CT molecular complexity index is 1220. The predicted molar refractivity (Wildman–Crippen MR) is 120 cm³/mol. The summed E-state index contributed by atoms with van der Waals surface area (Å²) in [5, 5.41) is 5.22. The van der Waals surface area contributed by atoms with Crippen molar-refractivity contribution in [1.29, 1.82) is 0 Å². The van der Waals surface area contributed by atoms with Gasteiger partial charge in [0.15, 0.2) is 5.84 Å². The molecule has 8 heteroatoms. The van der Waals surface area contributed by atoms with Crippen molar-refractivity contribution in [3.05, 3.63) is 83.1 Å². The summed E-state index contributed by atoms with van der Waals surface area (Å²) in [4.78, 5) is 4.66. The van der Waals surface area contributed by atoms with Gasteiger partial charge >= 0.3 is 0 Å². The number of fused-ring (bicyclic) bond motifs is 1. The van der Waals surface area contributed by atoms with Crippen molar-refractivity contribution < 1.29 is 4.74 Å². The molecule has 4 rings (SSSR count). The van der Waals surface area contributed by atoms with Crippen LogP contribution in [0, 0.1) is 0 Å². The molecular formula is C22H21ClN6O. The van der Waals surface area contributed by atoms with Crippen molar-refractivity contribution in [1.82, 2.24) is 15.0 Å². The average molecular weight is 421 g/mol. The van der Waals surface area contributed by atoms with E-state index >= 15 is 0 Å². The van der Waals surface area contributed by atoms with E-state index in [0.717, 1.165) is 27.9 Å². The van der Waals surface area contributed by atoms with Crippen molar-refractivity contribution >= 4 is 28.3 Å². The highest BCUT2D eigenvalue weighted by molar-refractivity contribution is 6.32. The molecule has 0 aliphatic heterocycles. The van der Waals surface area contributed by atoms with Gasteiger partial charge < -0.3 is 20.6 Å². The van der Waals surface area contributed by atoms with E-state index in [4.69, 9.17) is 28.0 Å². The van der Waals surface area contributed by atoms with Crippen LogP contribution >= 0.6 is 11.6 Å². The minimum Gasteiger partial charge on any atom is -0.495 e. The zero-order valence-corrected chi connectivity index (χ0v) is 17.1. The molecule has 0 bridgehead atoms. The first-order chi connectivity index (χ1) is 14.6. The predicted octanol–water partition coefficient (Wildman–Crippen LogP) is 3.50. The maximum absolute atomic E-state index is 6.43. The maximum Gasteiger partial charge on any atom is 0.185 e. The van der Waals surface area contributed by atoms with E-state index in [0.29, 0.717) is 28.8 Å². The number of benzene rings is 2. The Morgan fingerprint density at radius 1 is 1.13 bits per heavy atom. The number of methoxy groups -OCH3 is 1. The van der Waals surface area contributed by atoms with Crippen LogP contribution in [0.1, 0.15) is 11.4 Å². The molecule has 0 amide bonds. The van der Waals surface area contributed by atoms with Crippen LogP contribution in [0.15, 0.2) is 71.8 Å². The molecule has 0 atom stereocenters. The number of hydrazine groups is 1. The number of nitrogens with zero attached hydrogens (tertiary/aromatic N) is 3. The molecule has 30 heavy (non-hydrogen) atoms. The lowest BCUT2D eigenvalue weighted by Gasteiger charge is -2.13. The fourth-order valence-corrected chi connectivity index (χ4v) is 3.71. The Balaban J connectivity index is 1.87. The van der Waals surface area contributed by atoms with E-state index in [-0.39, 0.29) is 0 Å². The zero-order valence-electron chi connectivity index (χ0n) is 16.3. The molecule has 0 spiro atoms. The molecule has 2 aromatic carbocycles. The summed E-state index contributed by atoms with van der Waals surface area (Å²) in [6, 6.07) is 21.8. The van der Waals surface area contributed by atoms with Gasteiger partial charge in [0.1, 0.15) is 11.4 Å². The number of hydrogen-bond donors (Lipinski definition) is 3. The van der Waals surface area contributed by atoms with E-state index in [1.807, 2.05) is 42.5 Å². The lowest BCUT2D eigenvalue weighted by atomic mass is 10.1. The topological polar surface area (TPSA) is 103 Å². The normalized spacial score (nSPS) is 11.6. The van der Waals surface area contributed by atoms with Gasteiger partial charge in [0.2, 0.25) is 0 Å². The van der Waals surface area contributed by atoms with Gasteiger partial charge in [-0.15, -0.1) is 0 Å². The third kappa shape index (κ3) is 3.68. The maximum atomic E-state index is 6.43. The second-order valence-corrected chi connectivity index (χ2v) is 7.07. The van der Waals surface area contributed by atoms with Crippen LogP contribution in [0.3, 0.4) is 0 Å². The summed E-state index contributed by atoms with van der Waals surface area (Å²) >= 11 is 6.43. The van der Waals surface area contributed by atoms with Crippen LogP contribution in [-0.2, 0) is 6.54 Å². The molecule has 5 N–H and O–H groups in total. The molecule has 0 saturated carbocycles. The number of hydrogen-bond acceptors (Lipinski definition) is 5. The Morgan fingerprint density at radius 3 is 2.63 bits per heavy atom. The summed E-state index contributed by atoms with van der Waals surface area (Å²) in [5.74, 6) is 11.8. The molecule has 2 heterocycles. The van der Waals surface area contributed by atoms with Gasteiger partial charge in [-0.05, 0) is 35.9 Å². The van der Waals surface area contributed by atoms with E-state index in [9.17, 15) is 0 Å². The Kier molecular flexibility index (Phi) is 5.56. The Hall–Kier alpha value is -3.55. The monoisotopic (exact) mass is 420 g/mol. The van der Waals surface area contributed by atoms with Crippen LogP contribution in [0.5, 0.6) is 5.75 Å². The molecule has 0 saturated heterocycles. The lowest BCUT2D eigenvalue weighted by Crippen LogP contribution is -2.32. The van der Waals surface area contributed by atoms with E-state index in [1.54, 1.807) is 13.2 Å². The van der Waals surface area contributed by atoms with Crippen LogP contribution in [0.4, 0.5) is 0 Å².